The lowest BCUT2D eigenvalue weighted by atomic mass is 10.1. The minimum atomic E-state index is -0.0197. The van der Waals surface area contributed by atoms with Gasteiger partial charge in [0.25, 0.3) is 0 Å². The SMILES string of the molecule is COc1ccc(CN(C)C=NC(C)(C)C)cc1. The first-order valence-electron chi connectivity index (χ1n) is 5.79. The third kappa shape index (κ3) is 5.38. The van der Waals surface area contributed by atoms with E-state index < -0.39 is 0 Å². The van der Waals surface area contributed by atoms with Gasteiger partial charge in [-0.1, -0.05) is 12.1 Å². The monoisotopic (exact) mass is 234 g/mol. The van der Waals surface area contributed by atoms with E-state index in [0.717, 1.165) is 12.3 Å². The van der Waals surface area contributed by atoms with Gasteiger partial charge in [-0.25, -0.2) is 0 Å². The molecule has 17 heavy (non-hydrogen) atoms. The van der Waals surface area contributed by atoms with Gasteiger partial charge in [0.2, 0.25) is 0 Å². The van der Waals surface area contributed by atoms with Crippen LogP contribution in [0.2, 0.25) is 0 Å². The number of rotatable bonds is 4. The fraction of sp³-hybridized carbons (Fsp3) is 0.500. The average Bonchev–Trinajstić information content (AvgIpc) is 2.27. The summed E-state index contributed by atoms with van der Waals surface area (Å²) in [4.78, 5) is 6.54. The summed E-state index contributed by atoms with van der Waals surface area (Å²) in [6.07, 6.45) is 1.89. The Morgan fingerprint density at radius 2 is 1.82 bits per heavy atom. The molecular formula is C14H22N2O. The summed E-state index contributed by atoms with van der Waals surface area (Å²) in [5.74, 6) is 0.889. The number of aliphatic imine (C=N–C) groups is 1. The second-order valence-corrected chi connectivity index (χ2v) is 5.18. The van der Waals surface area contributed by atoms with E-state index >= 15 is 0 Å². The Morgan fingerprint density at radius 1 is 1.24 bits per heavy atom. The van der Waals surface area contributed by atoms with Crippen LogP contribution in [0.15, 0.2) is 29.3 Å². The predicted molar refractivity (Wildman–Crippen MR) is 72.7 cm³/mol. The highest BCUT2D eigenvalue weighted by molar-refractivity contribution is 5.55. The molecule has 1 aromatic carbocycles. The van der Waals surface area contributed by atoms with Gasteiger partial charge in [0.15, 0.2) is 0 Å². The average molecular weight is 234 g/mol. The molecule has 0 bridgehead atoms. The first-order chi connectivity index (χ1) is 7.90. The van der Waals surface area contributed by atoms with Crippen LogP contribution in [0.5, 0.6) is 5.75 Å². The third-order valence-corrected chi connectivity index (χ3v) is 2.23. The highest BCUT2D eigenvalue weighted by Crippen LogP contribution is 2.12. The summed E-state index contributed by atoms with van der Waals surface area (Å²) in [5.41, 5.74) is 1.22. The van der Waals surface area contributed by atoms with Crippen molar-refractivity contribution >= 4 is 6.34 Å². The van der Waals surface area contributed by atoms with Gasteiger partial charge in [0, 0.05) is 13.6 Å². The molecule has 0 aromatic heterocycles. The zero-order valence-electron chi connectivity index (χ0n) is 11.4. The maximum atomic E-state index is 5.13. The number of hydrogen-bond acceptors (Lipinski definition) is 2. The molecule has 0 unspecified atom stereocenters. The summed E-state index contributed by atoms with van der Waals surface area (Å²) in [5, 5.41) is 0. The number of hydrogen-bond donors (Lipinski definition) is 0. The Bertz CT molecular complexity index is 363. The van der Waals surface area contributed by atoms with E-state index in [1.54, 1.807) is 7.11 Å². The van der Waals surface area contributed by atoms with Crippen molar-refractivity contribution in [3.05, 3.63) is 29.8 Å². The van der Waals surface area contributed by atoms with Crippen molar-refractivity contribution in [3.63, 3.8) is 0 Å². The fourth-order valence-corrected chi connectivity index (χ4v) is 1.33. The van der Waals surface area contributed by atoms with Crippen LogP contribution in [0.25, 0.3) is 0 Å². The molecule has 3 nitrogen and oxygen atoms in total. The molecule has 1 rings (SSSR count). The normalized spacial score (nSPS) is 11.8. The fourth-order valence-electron chi connectivity index (χ4n) is 1.33. The minimum absolute atomic E-state index is 0.0197. The topological polar surface area (TPSA) is 24.8 Å². The van der Waals surface area contributed by atoms with E-state index in [4.69, 9.17) is 4.74 Å². The van der Waals surface area contributed by atoms with E-state index in [1.807, 2.05) is 25.5 Å². The molecule has 0 amide bonds. The smallest absolute Gasteiger partial charge is 0.118 e. The molecule has 0 heterocycles. The maximum absolute atomic E-state index is 5.13. The Kier molecular flexibility index (Phi) is 4.55. The summed E-state index contributed by atoms with van der Waals surface area (Å²) < 4.78 is 5.13. The first-order valence-corrected chi connectivity index (χ1v) is 5.79. The van der Waals surface area contributed by atoms with Gasteiger partial charge in [-0.05, 0) is 38.5 Å². The molecular weight excluding hydrogens is 212 g/mol. The van der Waals surface area contributed by atoms with Gasteiger partial charge in [-0.2, -0.15) is 0 Å². The second-order valence-electron chi connectivity index (χ2n) is 5.18. The zero-order valence-corrected chi connectivity index (χ0v) is 11.4. The minimum Gasteiger partial charge on any atom is -0.497 e. The van der Waals surface area contributed by atoms with Crippen molar-refractivity contribution in [3.8, 4) is 5.75 Å². The summed E-state index contributed by atoms with van der Waals surface area (Å²) in [6.45, 7) is 7.11. The molecule has 0 spiro atoms. The number of methoxy groups -OCH3 is 1. The van der Waals surface area contributed by atoms with Crippen LogP contribution in [-0.4, -0.2) is 30.9 Å². The summed E-state index contributed by atoms with van der Waals surface area (Å²) in [6, 6.07) is 8.09. The van der Waals surface area contributed by atoms with Crippen LogP contribution < -0.4 is 4.74 Å². The lowest BCUT2D eigenvalue weighted by Crippen LogP contribution is -2.19. The van der Waals surface area contributed by atoms with Crippen LogP contribution in [-0.2, 0) is 6.54 Å². The van der Waals surface area contributed by atoms with Crippen LogP contribution in [0.1, 0.15) is 26.3 Å². The molecule has 0 aliphatic carbocycles. The Labute approximate surface area is 104 Å². The quantitative estimate of drug-likeness (QED) is 0.591. The summed E-state index contributed by atoms with van der Waals surface area (Å²) >= 11 is 0. The Balaban J connectivity index is 2.56. The van der Waals surface area contributed by atoms with Gasteiger partial charge in [-0.3, -0.25) is 4.99 Å². The van der Waals surface area contributed by atoms with Crippen molar-refractivity contribution in [1.82, 2.24) is 4.90 Å². The molecule has 3 heteroatoms. The van der Waals surface area contributed by atoms with E-state index in [1.165, 1.54) is 5.56 Å². The van der Waals surface area contributed by atoms with Gasteiger partial charge in [0.1, 0.15) is 5.75 Å². The van der Waals surface area contributed by atoms with E-state index in [0.29, 0.717) is 0 Å². The molecule has 0 atom stereocenters. The van der Waals surface area contributed by atoms with Gasteiger partial charge in [0.05, 0.1) is 19.0 Å². The van der Waals surface area contributed by atoms with Crippen molar-refractivity contribution < 1.29 is 4.74 Å². The molecule has 0 N–H and O–H groups in total. The van der Waals surface area contributed by atoms with Crippen LogP contribution in [0.4, 0.5) is 0 Å². The molecule has 1 aromatic rings. The predicted octanol–water partition coefficient (Wildman–Crippen LogP) is 2.95. The van der Waals surface area contributed by atoms with Crippen molar-refractivity contribution in [2.75, 3.05) is 14.2 Å². The lowest BCUT2D eigenvalue weighted by molar-refractivity contribution is 0.414. The molecule has 0 radical (unpaired) electrons. The standard InChI is InChI=1S/C14H22N2O/c1-14(2,3)15-11-16(4)10-12-6-8-13(17-5)9-7-12/h6-9,11H,10H2,1-5H3. The number of nitrogens with zero attached hydrogens (tertiary/aromatic N) is 2. The van der Waals surface area contributed by atoms with Crippen molar-refractivity contribution in [2.45, 2.75) is 32.9 Å². The van der Waals surface area contributed by atoms with Gasteiger partial charge in [-0.15, -0.1) is 0 Å². The molecule has 0 aliphatic heterocycles. The van der Waals surface area contributed by atoms with E-state index in [-0.39, 0.29) is 5.54 Å². The van der Waals surface area contributed by atoms with E-state index in [9.17, 15) is 0 Å². The summed E-state index contributed by atoms with van der Waals surface area (Å²) in [7, 11) is 3.70. The number of ether oxygens (including phenoxy) is 1. The highest BCUT2D eigenvalue weighted by atomic mass is 16.5. The third-order valence-electron chi connectivity index (χ3n) is 2.23. The van der Waals surface area contributed by atoms with Crippen molar-refractivity contribution in [2.24, 2.45) is 4.99 Å². The molecule has 0 saturated carbocycles. The highest BCUT2D eigenvalue weighted by Gasteiger charge is 2.05. The van der Waals surface area contributed by atoms with Crippen LogP contribution in [0.3, 0.4) is 0 Å². The largest absolute Gasteiger partial charge is 0.497 e. The van der Waals surface area contributed by atoms with Crippen LogP contribution >= 0.6 is 0 Å². The van der Waals surface area contributed by atoms with E-state index in [2.05, 4.69) is 42.8 Å². The zero-order chi connectivity index (χ0) is 12.9. The molecule has 0 aliphatic rings. The second kappa shape index (κ2) is 5.71. The first kappa shape index (κ1) is 13.6. The van der Waals surface area contributed by atoms with Gasteiger partial charge >= 0.3 is 0 Å². The van der Waals surface area contributed by atoms with Crippen LogP contribution in [0, 0.1) is 0 Å². The molecule has 0 fully saturated rings. The van der Waals surface area contributed by atoms with Gasteiger partial charge < -0.3 is 9.64 Å². The number of benzene rings is 1. The van der Waals surface area contributed by atoms with Crippen molar-refractivity contribution in [1.29, 1.82) is 0 Å². The lowest BCUT2D eigenvalue weighted by Gasteiger charge is -2.17. The Morgan fingerprint density at radius 3 is 2.29 bits per heavy atom. The molecule has 94 valence electrons. The maximum Gasteiger partial charge on any atom is 0.118 e. The Hall–Kier alpha value is -1.51. The molecule has 0 saturated heterocycles.